The highest BCUT2D eigenvalue weighted by molar-refractivity contribution is 9.10. The summed E-state index contributed by atoms with van der Waals surface area (Å²) < 4.78 is 0.930. The average molecular weight is 267 g/mol. The molecule has 78 valence electrons. The molecule has 0 aliphatic heterocycles. The average Bonchev–Trinajstić information content (AvgIpc) is 2.57. The molecule has 0 aromatic heterocycles. The summed E-state index contributed by atoms with van der Waals surface area (Å²) in [5, 5.41) is 0. The van der Waals surface area contributed by atoms with E-state index in [4.69, 9.17) is 0 Å². The number of benzene rings is 1. The third-order valence-corrected chi connectivity index (χ3v) is 3.59. The number of Topliss-reactive ketones (excluding diaryl/α,β-unsaturated/α-hetero) is 2. The first-order valence-electron chi connectivity index (χ1n) is 4.99. The number of fused-ring (bicyclic) bond motifs is 1. The molecule has 0 bridgehead atoms. The summed E-state index contributed by atoms with van der Waals surface area (Å²) in [5.41, 5.74) is 1.69. The van der Waals surface area contributed by atoms with E-state index in [2.05, 4.69) is 15.9 Å². The summed E-state index contributed by atoms with van der Waals surface area (Å²) in [6, 6.07) is 5.54. The Balaban J connectivity index is 2.41. The van der Waals surface area contributed by atoms with Crippen LogP contribution in [0, 0.1) is 5.92 Å². The highest BCUT2D eigenvalue weighted by Crippen LogP contribution is 2.33. The molecule has 0 amide bonds. The summed E-state index contributed by atoms with van der Waals surface area (Å²) in [6.07, 6.45) is 0.990. The van der Waals surface area contributed by atoms with E-state index in [0.717, 1.165) is 10.0 Å². The van der Waals surface area contributed by atoms with Crippen LogP contribution in [0.1, 0.15) is 29.3 Å². The number of carbonyl (C=O) groups excluding carboxylic acids is 2. The Kier molecular flexibility index (Phi) is 2.74. The fraction of sp³-hybridized carbons (Fsp3) is 0.333. The van der Waals surface area contributed by atoms with Crippen LogP contribution in [0.3, 0.4) is 0 Å². The molecule has 1 aliphatic rings. The van der Waals surface area contributed by atoms with E-state index in [1.165, 1.54) is 0 Å². The van der Waals surface area contributed by atoms with Gasteiger partial charge in [0.2, 0.25) is 0 Å². The molecule has 0 heterocycles. The molecule has 2 rings (SSSR count). The van der Waals surface area contributed by atoms with E-state index in [-0.39, 0.29) is 11.6 Å². The summed E-state index contributed by atoms with van der Waals surface area (Å²) >= 11 is 3.41. The normalized spacial score (nSPS) is 19.1. The van der Waals surface area contributed by atoms with Gasteiger partial charge in [0.05, 0.1) is 5.92 Å². The minimum absolute atomic E-state index is 0.0156. The quantitative estimate of drug-likeness (QED) is 0.772. The molecule has 1 unspecified atom stereocenters. The SMILES string of the molecule is CCC(=O)C1Cc2c(Br)cccc2C1=O. The van der Waals surface area contributed by atoms with Gasteiger partial charge >= 0.3 is 0 Å². The van der Waals surface area contributed by atoms with Gasteiger partial charge in [0.1, 0.15) is 5.78 Å². The zero-order valence-corrected chi connectivity index (χ0v) is 10.0. The number of carbonyl (C=O) groups is 2. The van der Waals surface area contributed by atoms with Gasteiger partial charge < -0.3 is 0 Å². The van der Waals surface area contributed by atoms with Crippen LogP contribution in [0.25, 0.3) is 0 Å². The van der Waals surface area contributed by atoms with Crippen molar-refractivity contribution in [3.8, 4) is 0 Å². The van der Waals surface area contributed by atoms with Crippen LogP contribution in [0.2, 0.25) is 0 Å². The molecule has 2 nitrogen and oxygen atoms in total. The fourth-order valence-electron chi connectivity index (χ4n) is 1.99. The van der Waals surface area contributed by atoms with Gasteiger partial charge in [0, 0.05) is 16.5 Å². The van der Waals surface area contributed by atoms with E-state index in [1.807, 2.05) is 12.1 Å². The van der Waals surface area contributed by atoms with Crippen LogP contribution in [0.15, 0.2) is 22.7 Å². The molecule has 3 heteroatoms. The van der Waals surface area contributed by atoms with E-state index < -0.39 is 5.92 Å². The molecule has 1 aromatic rings. The van der Waals surface area contributed by atoms with Crippen LogP contribution in [0.4, 0.5) is 0 Å². The van der Waals surface area contributed by atoms with Crippen molar-refractivity contribution < 1.29 is 9.59 Å². The Morgan fingerprint density at radius 2 is 2.27 bits per heavy atom. The number of ketones is 2. The lowest BCUT2D eigenvalue weighted by Crippen LogP contribution is -2.19. The largest absolute Gasteiger partial charge is 0.299 e. The van der Waals surface area contributed by atoms with Crippen molar-refractivity contribution in [1.29, 1.82) is 0 Å². The van der Waals surface area contributed by atoms with Crippen LogP contribution < -0.4 is 0 Å². The zero-order valence-electron chi connectivity index (χ0n) is 8.42. The second-order valence-corrected chi connectivity index (χ2v) is 4.56. The van der Waals surface area contributed by atoms with Crippen molar-refractivity contribution in [2.45, 2.75) is 19.8 Å². The lowest BCUT2D eigenvalue weighted by atomic mass is 9.98. The summed E-state index contributed by atoms with van der Waals surface area (Å²) in [4.78, 5) is 23.5. The molecule has 1 aliphatic carbocycles. The molecular formula is C12H11BrO2. The summed E-state index contributed by atoms with van der Waals surface area (Å²) in [5.74, 6) is -0.412. The van der Waals surface area contributed by atoms with Crippen LogP contribution in [-0.4, -0.2) is 11.6 Å². The maximum atomic E-state index is 11.9. The molecule has 0 saturated carbocycles. The Bertz CT molecular complexity index is 437. The fourth-order valence-corrected chi connectivity index (χ4v) is 2.52. The van der Waals surface area contributed by atoms with E-state index in [9.17, 15) is 9.59 Å². The van der Waals surface area contributed by atoms with Gasteiger partial charge in [0.15, 0.2) is 5.78 Å². The first kappa shape index (κ1) is 10.6. The van der Waals surface area contributed by atoms with Gasteiger partial charge in [-0.25, -0.2) is 0 Å². The van der Waals surface area contributed by atoms with Crippen LogP contribution in [0.5, 0.6) is 0 Å². The minimum atomic E-state index is -0.441. The Morgan fingerprint density at radius 3 is 2.87 bits per heavy atom. The molecule has 0 spiro atoms. The van der Waals surface area contributed by atoms with E-state index in [0.29, 0.717) is 18.4 Å². The lowest BCUT2D eigenvalue weighted by molar-refractivity contribution is -0.121. The summed E-state index contributed by atoms with van der Waals surface area (Å²) in [6.45, 7) is 1.80. The first-order valence-corrected chi connectivity index (χ1v) is 5.78. The molecule has 0 radical (unpaired) electrons. The van der Waals surface area contributed by atoms with Crippen molar-refractivity contribution in [3.63, 3.8) is 0 Å². The minimum Gasteiger partial charge on any atom is -0.299 e. The predicted molar refractivity (Wildman–Crippen MR) is 61.0 cm³/mol. The number of rotatable bonds is 2. The topological polar surface area (TPSA) is 34.1 Å². The standard InChI is InChI=1S/C12H11BrO2/c1-2-11(14)9-6-8-7(12(9)15)4-3-5-10(8)13/h3-5,9H,2,6H2,1H3. The molecule has 0 fully saturated rings. The number of hydrogen-bond donors (Lipinski definition) is 0. The third kappa shape index (κ3) is 1.65. The maximum Gasteiger partial charge on any atom is 0.173 e. The monoisotopic (exact) mass is 266 g/mol. The molecule has 0 saturated heterocycles. The van der Waals surface area contributed by atoms with Crippen molar-refractivity contribution >= 4 is 27.5 Å². The van der Waals surface area contributed by atoms with Crippen LogP contribution in [-0.2, 0) is 11.2 Å². The molecule has 1 atom stereocenters. The molecule has 15 heavy (non-hydrogen) atoms. The molecule has 1 aromatic carbocycles. The van der Waals surface area contributed by atoms with Gasteiger partial charge in [-0.15, -0.1) is 0 Å². The van der Waals surface area contributed by atoms with Gasteiger partial charge in [-0.2, -0.15) is 0 Å². The second-order valence-electron chi connectivity index (χ2n) is 3.71. The van der Waals surface area contributed by atoms with Gasteiger partial charge in [-0.05, 0) is 18.1 Å². The Labute approximate surface area is 96.8 Å². The van der Waals surface area contributed by atoms with Crippen LogP contribution >= 0.6 is 15.9 Å². The van der Waals surface area contributed by atoms with Gasteiger partial charge in [0.25, 0.3) is 0 Å². The Morgan fingerprint density at radius 1 is 1.53 bits per heavy atom. The maximum absolute atomic E-state index is 11.9. The predicted octanol–water partition coefficient (Wildman–Crippen LogP) is 2.78. The van der Waals surface area contributed by atoms with Gasteiger partial charge in [-0.3, -0.25) is 9.59 Å². The number of halogens is 1. The highest BCUT2D eigenvalue weighted by atomic mass is 79.9. The molecular weight excluding hydrogens is 256 g/mol. The summed E-state index contributed by atoms with van der Waals surface area (Å²) in [7, 11) is 0. The zero-order chi connectivity index (χ0) is 11.0. The number of hydrogen-bond acceptors (Lipinski definition) is 2. The lowest BCUT2D eigenvalue weighted by Gasteiger charge is -2.03. The Hall–Kier alpha value is -0.960. The van der Waals surface area contributed by atoms with Crippen molar-refractivity contribution in [2.24, 2.45) is 5.92 Å². The van der Waals surface area contributed by atoms with Crippen molar-refractivity contribution in [2.75, 3.05) is 0 Å². The van der Waals surface area contributed by atoms with E-state index in [1.54, 1.807) is 13.0 Å². The molecule has 0 N–H and O–H groups in total. The van der Waals surface area contributed by atoms with E-state index >= 15 is 0 Å². The second kappa shape index (κ2) is 3.89. The first-order chi connectivity index (χ1) is 7.15. The smallest absolute Gasteiger partial charge is 0.173 e. The van der Waals surface area contributed by atoms with Gasteiger partial charge in [-0.1, -0.05) is 35.0 Å². The third-order valence-electron chi connectivity index (χ3n) is 2.85. The highest BCUT2D eigenvalue weighted by Gasteiger charge is 2.35. The van der Waals surface area contributed by atoms with Crippen molar-refractivity contribution in [1.82, 2.24) is 0 Å². The van der Waals surface area contributed by atoms with Crippen molar-refractivity contribution in [3.05, 3.63) is 33.8 Å².